The average Bonchev–Trinajstić information content (AvgIpc) is 3.32. The van der Waals surface area contributed by atoms with Crippen molar-refractivity contribution < 1.29 is 9.53 Å². The van der Waals surface area contributed by atoms with Crippen LogP contribution < -0.4 is 10.1 Å². The SMILES string of the molecule is CN(C)Sc1ccccc1OCC(=O)NCCCN1CCc2ccccc2C1.CN1CCCC1. The van der Waals surface area contributed by atoms with Crippen molar-refractivity contribution in [1.82, 2.24) is 19.4 Å². The molecule has 0 spiro atoms. The second kappa shape index (κ2) is 14.4. The van der Waals surface area contributed by atoms with Gasteiger partial charge in [0.1, 0.15) is 5.75 Å². The fourth-order valence-electron chi connectivity index (χ4n) is 4.19. The van der Waals surface area contributed by atoms with E-state index in [1.807, 2.05) is 42.7 Å². The first-order chi connectivity index (χ1) is 16.5. The van der Waals surface area contributed by atoms with Crippen molar-refractivity contribution in [3.63, 3.8) is 0 Å². The van der Waals surface area contributed by atoms with Crippen molar-refractivity contribution in [2.75, 3.05) is 60.5 Å². The number of carbonyl (C=O) groups excluding carboxylic acids is 1. The summed E-state index contributed by atoms with van der Waals surface area (Å²) in [5, 5.41) is 2.96. The Bertz CT molecular complexity index is 886. The highest BCUT2D eigenvalue weighted by atomic mass is 32.2. The summed E-state index contributed by atoms with van der Waals surface area (Å²) in [6.45, 7) is 6.45. The summed E-state index contributed by atoms with van der Waals surface area (Å²) in [5.74, 6) is 0.664. The predicted molar refractivity (Wildman–Crippen MR) is 141 cm³/mol. The van der Waals surface area contributed by atoms with E-state index < -0.39 is 0 Å². The zero-order valence-corrected chi connectivity index (χ0v) is 21.8. The van der Waals surface area contributed by atoms with Crippen molar-refractivity contribution in [2.45, 2.75) is 37.1 Å². The van der Waals surface area contributed by atoms with E-state index in [4.69, 9.17) is 4.74 Å². The van der Waals surface area contributed by atoms with Crippen LogP contribution in [-0.2, 0) is 17.8 Å². The topological polar surface area (TPSA) is 48.1 Å². The quantitative estimate of drug-likeness (QED) is 0.430. The van der Waals surface area contributed by atoms with Crippen LogP contribution in [0, 0.1) is 0 Å². The van der Waals surface area contributed by atoms with Crippen molar-refractivity contribution in [1.29, 1.82) is 0 Å². The van der Waals surface area contributed by atoms with Crippen LogP contribution in [0.4, 0.5) is 0 Å². The van der Waals surface area contributed by atoms with Gasteiger partial charge in [-0.25, -0.2) is 0 Å². The molecule has 1 fully saturated rings. The number of benzene rings is 2. The lowest BCUT2D eigenvalue weighted by atomic mass is 10.00. The van der Waals surface area contributed by atoms with Crippen LogP contribution in [0.15, 0.2) is 53.4 Å². The molecule has 2 aromatic rings. The Balaban J connectivity index is 0.000000469. The standard InChI is InChI=1S/C22H29N3O2S.C5H11N/c1-24(2)28-21-11-6-5-10-20(21)27-17-22(26)23-13-7-14-25-15-12-18-8-3-4-9-19(18)16-25;1-6-4-2-3-5-6/h3-6,8-11H,7,12-17H2,1-2H3,(H,23,26);2-5H2,1H3. The van der Waals surface area contributed by atoms with E-state index in [2.05, 4.69) is 46.4 Å². The van der Waals surface area contributed by atoms with Gasteiger partial charge in [0, 0.05) is 26.2 Å². The Labute approximate surface area is 209 Å². The largest absolute Gasteiger partial charge is 0.483 e. The number of ether oxygens (including phenoxy) is 1. The Hall–Kier alpha value is -2.06. The molecule has 2 aliphatic rings. The van der Waals surface area contributed by atoms with Crippen LogP contribution in [0.25, 0.3) is 0 Å². The molecule has 34 heavy (non-hydrogen) atoms. The molecular weight excluding hydrogens is 444 g/mol. The van der Waals surface area contributed by atoms with Crippen molar-refractivity contribution in [3.8, 4) is 5.75 Å². The Kier molecular flexibility index (Phi) is 11.2. The molecule has 0 atom stereocenters. The maximum absolute atomic E-state index is 12.1. The van der Waals surface area contributed by atoms with E-state index >= 15 is 0 Å². The van der Waals surface area contributed by atoms with Crippen molar-refractivity contribution >= 4 is 17.9 Å². The maximum Gasteiger partial charge on any atom is 0.257 e. The van der Waals surface area contributed by atoms with Crippen molar-refractivity contribution in [3.05, 3.63) is 59.7 Å². The van der Waals surface area contributed by atoms with Crippen molar-refractivity contribution in [2.24, 2.45) is 0 Å². The van der Waals surface area contributed by atoms with Gasteiger partial charge in [0.15, 0.2) is 6.61 Å². The number of nitrogens with one attached hydrogen (secondary N) is 1. The summed E-state index contributed by atoms with van der Waals surface area (Å²) in [5.41, 5.74) is 2.90. The monoisotopic (exact) mass is 484 g/mol. The number of likely N-dealkylation sites (tertiary alicyclic amines) is 1. The molecular formula is C27H40N4O2S. The summed E-state index contributed by atoms with van der Waals surface area (Å²) < 4.78 is 7.72. The minimum Gasteiger partial charge on any atom is -0.483 e. The molecule has 0 aromatic heterocycles. The fourth-order valence-corrected chi connectivity index (χ4v) is 4.94. The van der Waals surface area contributed by atoms with Gasteiger partial charge in [-0.15, -0.1) is 0 Å². The van der Waals surface area contributed by atoms with Gasteiger partial charge in [-0.05, 0) is 95.1 Å². The van der Waals surface area contributed by atoms with Crippen LogP contribution in [0.1, 0.15) is 30.4 Å². The molecule has 1 saturated heterocycles. The van der Waals surface area contributed by atoms with Crippen LogP contribution >= 0.6 is 11.9 Å². The third-order valence-electron chi connectivity index (χ3n) is 6.00. The van der Waals surface area contributed by atoms with E-state index in [1.54, 1.807) is 11.9 Å². The molecule has 2 heterocycles. The molecule has 2 aromatic carbocycles. The zero-order chi connectivity index (χ0) is 24.2. The first-order valence-corrected chi connectivity index (χ1v) is 13.1. The molecule has 0 saturated carbocycles. The second-order valence-corrected chi connectivity index (χ2v) is 10.5. The summed E-state index contributed by atoms with van der Waals surface area (Å²) >= 11 is 1.58. The maximum atomic E-state index is 12.1. The molecule has 0 radical (unpaired) electrons. The third-order valence-corrected chi connectivity index (χ3v) is 6.90. The highest BCUT2D eigenvalue weighted by Gasteiger charge is 2.15. The second-order valence-electron chi connectivity index (χ2n) is 9.15. The number of hydrogen-bond acceptors (Lipinski definition) is 6. The summed E-state index contributed by atoms with van der Waals surface area (Å²) in [6.07, 6.45) is 4.88. The summed E-state index contributed by atoms with van der Waals surface area (Å²) in [6, 6.07) is 16.4. The van der Waals surface area contributed by atoms with Crippen LogP contribution in [0.5, 0.6) is 5.75 Å². The number of fused-ring (bicyclic) bond motifs is 1. The van der Waals surface area contributed by atoms with E-state index in [0.717, 1.165) is 43.1 Å². The highest BCUT2D eigenvalue weighted by Crippen LogP contribution is 2.29. The average molecular weight is 485 g/mol. The molecule has 1 N–H and O–H groups in total. The Morgan fingerprint density at radius 2 is 1.74 bits per heavy atom. The van der Waals surface area contributed by atoms with Gasteiger partial charge in [-0.1, -0.05) is 36.4 Å². The van der Waals surface area contributed by atoms with Gasteiger partial charge in [0.2, 0.25) is 0 Å². The molecule has 0 bridgehead atoms. The lowest BCUT2D eigenvalue weighted by Gasteiger charge is -2.28. The van der Waals surface area contributed by atoms with E-state index in [0.29, 0.717) is 6.54 Å². The zero-order valence-electron chi connectivity index (χ0n) is 21.0. The fraction of sp³-hybridized carbons (Fsp3) is 0.519. The predicted octanol–water partition coefficient (Wildman–Crippen LogP) is 3.91. The lowest BCUT2D eigenvalue weighted by Crippen LogP contribution is -2.35. The molecule has 0 aliphatic carbocycles. The number of rotatable bonds is 9. The normalized spacial score (nSPS) is 16.0. The number of para-hydroxylation sites is 1. The number of nitrogens with zero attached hydrogens (tertiary/aromatic N) is 3. The Morgan fingerprint density at radius 1 is 1.03 bits per heavy atom. The molecule has 6 nitrogen and oxygen atoms in total. The summed E-state index contributed by atoms with van der Waals surface area (Å²) in [4.78, 5) is 17.9. The summed E-state index contributed by atoms with van der Waals surface area (Å²) in [7, 11) is 6.14. The number of carbonyl (C=O) groups is 1. The third kappa shape index (κ3) is 9.29. The van der Waals surface area contributed by atoms with Crippen LogP contribution in [-0.4, -0.2) is 80.5 Å². The van der Waals surface area contributed by atoms with Gasteiger partial charge in [-0.2, -0.15) is 0 Å². The van der Waals surface area contributed by atoms with Gasteiger partial charge in [-0.3, -0.25) is 14.0 Å². The molecule has 7 heteroatoms. The van der Waals surface area contributed by atoms with E-state index in [9.17, 15) is 4.79 Å². The first kappa shape index (κ1) is 26.5. The molecule has 1 amide bonds. The Morgan fingerprint density at radius 3 is 2.44 bits per heavy atom. The smallest absolute Gasteiger partial charge is 0.257 e. The van der Waals surface area contributed by atoms with Gasteiger partial charge in [0.25, 0.3) is 5.91 Å². The highest BCUT2D eigenvalue weighted by molar-refractivity contribution is 7.97. The van der Waals surface area contributed by atoms with Crippen LogP contribution in [0.2, 0.25) is 0 Å². The lowest BCUT2D eigenvalue weighted by molar-refractivity contribution is -0.123. The molecule has 4 rings (SSSR count). The molecule has 2 aliphatic heterocycles. The molecule has 186 valence electrons. The number of amides is 1. The van der Waals surface area contributed by atoms with Gasteiger partial charge >= 0.3 is 0 Å². The van der Waals surface area contributed by atoms with E-state index in [-0.39, 0.29) is 12.5 Å². The van der Waals surface area contributed by atoms with Crippen LogP contribution in [0.3, 0.4) is 0 Å². The number of hydrogen-bond donors (Lipinski definition) is 1. The van der Waals surface area contributed by atoms with Gasteiger partial charge < -0.3 is 15.0 Å². The minimum absolute atomic E-state index is 0.0437. The first-order valence-electron chi connectivity index (χ1n) is 12.3. The van der Waals surface area contributed by atoms with E-state index in [1.165, 1.54) is 37.1 Å². The minimum atomic E-state index is -0.0753. The van der Waals surface area contributed by atoms with Gasteiger partial charge in [0.05, 0.1) is 4.90 Å². The molecule has 0 unspecified atom stereocenters.